The molecule has 116 valence electrons. The van der Waals surface area contributed by atoms with Crippen molar-refractivity contribution in [2.75, 3.05) is 13.7 Å². The molecule has 0 radical (unpaired) electrons. The van der Waals surface area contributed by atoms with Crippen LogP contribution in [0.5, 0.6) is 5.75 Å². The van der Waals surface area contributed by atoms with E-state index < -0.39 is 0 Å². The Kier molecular flexibility index (Phi) is 6.05. The van der Waals surface area contributed by atoms with Crippen LogP contribution in [-0.4, -0.2) is 25.6 Å². The smallest absolute Gasteiger partial charge is 0.220 e. The number of ether oxygens (including phenoxy) is 1. The van der Waals surface area contributed by atoms with E-state index in [0.29, 0.717) is 24.9 Å². The van der Waals surface area contributed by atoms with Gasteiger partial charge in [0.2, 0.25) is 5.91 Å². The normalized spacial score (nSPS) is 21.2. The quantitative estimate of drug-likeness (QED) is 0.809. The molecule has 1 aromatic rings. The maximum atomic E-state index is 12.0. The van der Waals surface area contributed by atoms with Gasteiger partial charge in [-0.05, 0) is 55.8 Å². The summed E-state index contributed by atoms with van der Waals surface area (Å²) in [5.74, 6) is 1.50. The monoisotopic (exact) mass is 290 g/mol. The number of amides is 1. The molecule has 0 aromatic heterocycles. The van der Waals surface area contributed by atoms with Crippen LogP contribution in [0.3, 0.4) is 0 Å². The summed E-state index contributed by atoms with van der Waals surface area (Å²) in [6.07, 6.45) is 5.78. The van der Waals surface area contributed by atoms with Crippen molar-refractivity contribution in [3.05, 3.63) is 29.8 Å². The molecule has 0 aliphatic heterocycles. The lowest BCUT2D eigenvalue weighted by Gasteiger charge is -2.19. The summed E-state index contributed by atoms with van der Waals surface area (Å²) < 4.78 is 5.13. The van der Waals surface area contributed by atoms with E-state index in [0.717, 1.165) is 31.4 Å². The second-order valence-electron chi connectivity index (χ2n) is 5.80. The fourth-order valence-corrected chi connectivity index (χ4v) is 3.03. The summed E-state index contributed by atoms with van der Waals surface area (Å²) in [4.78, 5) is 12.0. The largest absolute Gasteiger partial charge is 0.497 e. The van der Waals surface area contributed by atoms with Crippen molar-refractivity contribution in [2.24, 2.45) is 11.7 Å². The van der Waals surface area contributed by atoms with Gasteiger partial charge in [0.15, 0.2) is 0 Å². The van der Waals surface area contributed by atoms with E-state index in [4.69, 9.17) is 10.5 Å². The zero-order chi connectivity index (χ0) is 15.1. The number of rotatable bonds is 7. The molecule has 2 atom stereocenters. The molecule has 2 unspecified atom stereocenters. The van der Waals surface area contributed by atoms with E-state index in [1.54, 1.807) is 7.11 Å². The van der Waals surface area contributed by atoms with Gasteiger partial charge in [0.25, 0.3) is 0 Å². The molecule has 21 heavy (non-hydrogen) atoms. The van der Waals surface area contributed by atoms with Crippen LogP contribution in [0.25, 0.3) is 0 Å². The lowest BCUT2D eigenvalue weighted by atomic mass is 10.0. The Hall–Kier alpha value is -1.55. The zero-order valence-corrected chi connectivity index (χ0v) is 12.8. The Labute approximate surface area is 127 Å². The zero-order valence-electron chi connectivity index (χ0n) is 12.8. The van der Waals surface area contributed by atoms with Gasteiger partial charge in [-0.25, -0.2) is 0 Å². The Bertz CT molecular complexity index is 445. The van der Waals surface area contributed by atoms with Crippen LogP contribution in [0.1, 0.15) is 37.7 Å². The molecule has 0 bridgehead atoms. The summed E-state index contributed by atoms with van der Waals surface area (Å²) in [5.41, 5.74) is 6.98. The van der Waals surface area contributed by atoms with E-state index >= 15 is 0 Å². The number of carbonyl (C=O) groups excluding carboxylic acids is 1. The number of hydrogen-bond donors (Lipinski definition) is 2. The second kappa shape index (κ2) is 8.03. The summed E-state index contributed by atoms with van der Waals surface area (Å²) >= 11 is 0. The number of nitrogens with two attached hydrogens (primary N) is 1. The van der Waals surface area contributed by atoms with Crippen LogP contribution in [0.2, 0.25) is 0 Å². The van der Waals surface area contributed by atoms with Gasteiger partial charge in [-0.2, -0.15) is 0 Å². The molecule has 1 fully saturated rings. The van der Waals surface area contributed by atoms with E-state index in [1.165, 1.54) is 12.0 Å². The highest BCUT2D eigenvalue weighted by atomic mass is 16.5. The highest BCUT2D eigenvalue weighted by Crippen LogP contribution is 2.24. The van der Waals surface area contributed by atoms with Gasteiger partial charge in [0.05, 0.1) is 7.11 Å². The molecule has 1 saturated carbocycles. The first-order valence-corrected chi connectivity index (χ1v) is 7.85. The van der Waals surface area contributed by atoms with Crippen molar-refractivity contribution in [1.82, 2.24) is 5.32 Å². The van der Waals surface area contributed by atoms with Crippen LogP contribution >= 0.6 is 0 Å². The summed E-state index contributed by atoms with van der Waals surface area (Å²) in [6, 6.07) is 8.32. The molecule has 0 saturated heterocycles. The first-order chi connectivity index (χ1) is 10.2. The lowest BCUT2D eigenvalue weighted by Crippen LogP contribution is -2.39. The third kappa shape index (κ3) is 4.74. The number of nitrogens with one attached hydrogen (secondary N) is 1. The molecule has 1 amide bonds. The van der Waals surface area contributed by atoms with E-state index in [-0.39, 0.29) is 5.91 Å². The Morgan fingerprint density at radius 2 is 2.10 bits per heavy atom. The van der Waals surface area contributed by atoms with Crippen LogP contribution in [0.4, 0.5) is 0 Å². The van der Waals surface area contributed by atoms with E-state index in [1.807, 2.05) is 12.1 Å². The molecule has 0 heterocycles. The van der Waals surface area contributed by atoms with Crippen LogP contribution in [0, 0.1) is 5.92 Å². The minimum atomic E-state index is 0.161. The third-order valence-electron chi connectivity index (χ3n) is 4.34. The molecule has 1 aliphatic rings. The number of benzene rings is 1. The first kappa shape index (κ1) is 15.8. The van der Waals surface area contributed by atoms with Crippen molar-refractivity contribution in [3.63, 3.8) is 0 Å². The lowest BCUT2D eigenvalue weighted by molar-refractivity contribution is -0.122. The number of hydrogen-bond acceptors (Lipinski definition) is 3. The van der Waals surface area contributed by atoms with Gasteiger partial charge in [0, 0.05) is 12.5 Å². The van der Waals surface area contributed by atoms with Crippen molar-refractivity contribution >= 4 is 5.91 Å². The molecular formula is C17H26N2O2. The van der Waals surface area contributed by atoms with E-state index in [2.05, 4.69) is 17.4 Å². The highest BCUT2D eigenvalue weighted by molar-refractivity contribution is 5.76. The fraction of sp³-hybridized carbons (Fsp3) is 0.588. The minimum absolute atomic E-state index is 0.161. The number of aryl methyl sites for hydroxylation is 1. The molecule has 2 rings (SSSR count). The Morgan fingerprint density at radius 3 is 2.76 bits per heavy atom. The number of carbonyl (C=O) groups is 1. The van der Waals surface area contributed by atoms with Crippen LogP contribution < -0.4 is 15.8 Å². The summed E-state index contributed by atoms with van der Waals surface area (Å²) in [5, 5.41) is 3.15. The molecule has 3 N–H and O–H groups in total. The fourth-order valence-electron chi connectivity index (χ4n) is 3.03. The van der Waals surface area contributed by atoms with Gasteiger partial charge in [-0.3, -0.25) is 4.79 Å². The summed E-state index contributed by atoms with van der Waals surface area (Å²) in [7, 11) is 1.66. The molecule has 4 nitrogen and oxygen atoms in total. The van der Waals surface area contributed by atoms with Gasteiger partial charge in [0.1, 0.15) is 5.75 Å². The maximum absolute atomic E-state index is 12.0. The highest BCUT2D eigenvalue weighted by Gasteiger charge is 2.26. The Morgan fingerprint density at radius 1 is 1.33 bits per heavy atom. The number of methoxy groups -OCH3 is 1. The SMILES string of the molecule is COc1ccc(CCCC(=O)NC2CCCC2CN)cc1. The first-order valence-electron chi connectivity index (χ1n) is 7.85. The molecule has 4 heteroatoms. The second-order valence-corrected chi connectivity index (χ2v) is 5.80. The van der Waals surface area contributed by atoms with Gasteiger partial charge in [-0.1, -0.05) is 18.6 Å². The molecular weight excluding hydrogens is 264 g/mol. The van der Waals surface area contributed by atoms with Gasteiger partial charge in [-0.15, -0.1) is 0 Å². The van der Waals surface area contributed by atoms with Gasteiger partial charge < -0.3 is 15.8 Å². The third-order valence-corrected chi connectivity index (χ3v) is 4.34. The molecule has 1 aromatic carbocycles. The van der Waals surface area contributed by atoms with Crippen molar-refractivity contribution in [2.45, 2.75) is 44.6 Å². The van der Waals surface area contributed by atoms with Crippen molar-refractivity contribution in [3.8, 4) is 5.75 Å². The predicted molar refractivity (Wildman–Crippen MR) is 84.3 cm³/mol. The molecule has 1 aliphatic carbocycles. The average Bonchev–Trinajstić information content (AvgIpc) is 2.95. The van der Waals surface area contributed by atoms with E-state index in [9.17, 15) is 4.79 Å². The topological polar surface area (TPSA) is 64.3 Å². The summed E-state index contributed by atoms with van der Waals surface area (Å²) in [6.45, 7) is 0.677. The molecule has 0 spiro atoms. The maximum Gasteiger partial charge on any atom is 0.220 e. The predicted octanol–water partition coefficient (Wildman–Crippen LogP) is 2.26. The average molecular weight is 290 g/mol. The van der Waals surface area contributed by atoms with Gasteiger partial charge >= 0.3 is 0 Å². The van der Waals surface area contributed by atoms with Crippen molar-refractivity contribution < 1.29 is 9.53 Å². The standard InChI is InChI=1S/C17H26N2O2/c1-21-15-10-8-13(9-11-15)4-2-7-17(20)19-16-6-3-5-14(16)12-18/h8-11,14,16H,2-7,12,18H2,1H3,(H,19,20). The van der Waals surface area contributed by atoms with Crippen LogP contribution in [-0.2, 0) is 11.2 Å². The minimum Gasteiger partial charge on any atom is -0.497 e. The van der Waals surface area contributed by atoms with Crippen molar-refractivity contribution in [1.29, 1.82) is 0 Å². The Balaban J connectivity index is 1.69. The van der Waals surface area contributed by atoms with Crippen LogP contribution in [0.15, 0.2) is 24.3 Å².